The van der Waals surface area contributed by atoms with Crippen LogP contribution in [-0.4, -0.2) is 24.2 Å². The Kier molecular flexibility index (Phi) is 5.53. The van der Waals surface area contributed by atoms with Crippen molar-refractivity contribution in [1.82, 2.24) is 9.97 Å². The van der Waals surface area contributed by atoms with Crippen molar-refractivity contribution in [2.24, 2.45) is 0 Å². The maximum Gasteiger partial charge on any atom is 0.162 e. The Morgan fingerprint density at radius 3 is 2.31 bits per heavy atom. The van der Waals surface area contributed by atoms with Gasteiger partial charge in [0.05, 0.1) is 14.2 Å². The van der Waals surface area contributed by atoms with E-state index in [0.717, 1.165) is 11.5 Å². The molecule has 3 rings (SSSR count). The average Bonchev–Trinajstić information content (AvgIpc) is 2.69. The molecule has 134 valence electrons. The number of methoxy groups -OCH3 is 2. The van der Waals surface area contributed by atoms with E-state index in [4.69, 9.17) is 9.47 Å². The predicted octanol–water partition coefficient (Wildman–Crippen LogP) is 4.41. The van der Waals surface area contributed by atoms with E-state index in [9.17, 15) is 0 Å². The highest BCUT2D eigenvalue weighted by atomic mass is 16.5. The largest absolute Gasteiger partial charge is 0.493 e. The Hall–Kier alpha value is -3.28. The Morgan fingerprint density at radius 2 is 1.58 bits per heavy atom. The van der Waals surface area contributed by atoms with Crippen LogP contribution in [0.1, 0.15) is 18.5 Å². The van der Waals surface area contributed by atoms with Crippen molar-refractivity contribution < 1.29 is 9.47 Å². The van der Waals surface area contributed by atoms with E-state index < -0.39 is 0 Å². The van der Waals surface area contributed by atoms with E-state index >= 15 is 0 Å². The minimum atomic E-state index is 0.139. The highest BCUT2D eigenvalue weighted by Gasteiger charge is 2.08. The van der Waals surface area contributed by atoms with Gasteiger partial charge in [-0.2, -0.15) is 0 Å². The number of nitrogens with one attached hydrogen (secondary N) is 2. The number of rotatable bonds is 7. The third kappa shape index (κ3) is 4.22. The molecular formula is C20H22N4O2. The molecule has 2 aromatic carbocycles. The first-order chi connectivity index (χ1) is 12.7. The fourth-order valence-electron chi connectivity index (χ4n) is 2.61. The smallest absolute Gasteiger partial charge is 0.162 e. The molecule has 0 aliphatic rings. The Morgan fingerprint density at radius 1 is 0.846 bits per heavy atom. The minimum Gasteiger partial charge on any atom is -0.493 e. The molecule has 0 spiro atoms. The normalized spacial score (nSPS) is 11.5. The van der Waals surface area contributed by atoms with Crippen molar-refractivity contribution in [2.45, 2.75) is 13.0 Å². The molecule has 0 saturated heterocycles. The third-order valence-corrected chi connectivity index (χ3v) is 3.99. The summed E-state index contributed by atoms with van der Waals surface area (Å²) in [4.78, 5) is 8.58. The molecule has 0 saturated carbocycles. The molecule has 0 fully saturated rings. The van der Waals surface area contributed by atoms with Crippen molar-refractivity contribution in [1.29, 1.82) is 0 Å². The number of nitrogens with zero attached hydrogens (tertiary/aromatic N) is 2. The highest BCUT2D eigenvalue weighted by molar-refractivity contribution is 5.63. The summed E-state index contributed by atoms with van der Waals surface area (Å²) < 4.78 is 10.6. The molecule has 3 aromatic rings. The maximum absolute atomic E-state index is 5.33. The number of anilines is 3. The van der Waals surface area contributed by atoms with Crippen molar-refractivity contribution in [3.05, 3.63) is 66.5 Å². The number of ether oxygens (including phenoxy) is 2. The first-order valence-electron chi connectivity index (χ1n) is 8.32. The van der Waals surface area contributed by atoms with Gasteiger partial charge in [-0.05, 0) is 24.6 Å². The maximum atomic E-state index is 5.33. The molecule has 2 N–H and O–H groups in total. The average molecular weight is 350 g/mol. The van der Waals surface area contributed by atoms with Gasteiger partial charge in [-0.3, -0.25) is 0 Å². The van der Waals surface area contributed by atoms with E-state index in [2.05, 4.69) is 39.7 Å². The van der Waals surface area contributed by atoms with Gasteiger partial charge in [0.2, 0.25) is 0 Å². The van der Waals surface area contributed by atoms with Crippen molar-refractivity contribution in [3.8, 4) is 11.5 Å². The molecule has 0 aliphatic heterocycles. The van der Waals surface area contributed by atoms with Crippen molar-refractivity contribution in [3.63, 3.8) is 0 Å². The van der Waals surface area contributed by atoms with Crippen molar-refractivity contribution in [2.75, 3.05) is 24.9 Å². The zero-order chi connectivity index (χ0) is 18.4. The zero-order valence-corrected chi connectivity index (χ0v) is 15.1. The van der Waals surface area contributed by atoms with Gasteiger partial charge in [-0.15, -0.1) is 0 Å². The Balaban J connectivity index is 1.73. The van der Waals surface area contributed by atoms with E-state index in [-0.39, 0.29) is 6.04 Å². The molecule has 0 radical (unpaired) electrons. The second kappa shape index (κ2) is 8.20. The molecule has 1 aromatic heterocycles. The van der Waals surface area contributed by atoms with Gasteiger partial charge in [0.1, 0.15) is 18.0 Å². The Labute approximate surface area is 153 Å². The van der Waals surface area contributed by atoms with Crippen LogP contribution in [0.5, 0.6) is 11.5 Å². The second-order valence-corrected chi connectivity index (χ2v) is 5.76. The fraction of sp³-hybridized carbons (Fsp3) is 0.200. The number of hydrogen-bond acceptors (Lipinski definition) is 6. The van der Waals surface area contributed by atoms with Gasteiger partial charge in [-0.1, -0.05) is 30.3 Å². The van der Waals surface area contributed by atoms with Gasteiger partial charge in [0.25, 0.3) is 0 Å². The predicted molar refractivity (Wildman–Crippen MR) is 103 cm³/mol. The summed E-state index contributed by atoms with van der Waals surface area (Å²) in [6, 6.07) is 17.9. The lowest BCUT2D eigenvalue weighted by molar-refractivity contribution is 0.355. The standard InChI is InChI=1S/C20H22N4O2/c1-14(15-7-5-4-6-8-15)23-19-12-20(22-13-21-19)24-16-9-10-17(25-2)18(11-16)26-3/h4-14H,1-3H3,(H2,21,22,23,24). The van der Waals surface area contributed by atoms with Gasteiger partial charge in [-0.25, -0.2) is 9.97 Å². The van der Waals surface area contributed by atoms with E-state index in [1.807, 2.05) is 42.5 Å². The van der Waals surface area contributed by atoms with Crippen LogP contribution in [0.4, 0.5) is 17.3 Å². The summed E-state index contributed by atoms with van der Waals surface area (Å²) >= 11 is 0. The lowest BCUT2D eigenvalue weighted by Crippen LogP contribution is -2.08. The lowest BCUT2D eigenvalue weighted by atomic mass is 10.1. The molecule has 6 nitrogen and oxygen atoms in total. The third-order valence-electron chi connectivity index (χ3n) is 3.99. The molecule has 6 heteroatoms. The van der Waals surface area contributed by atoms with Crippen LogP contribution in [0.25, 0.3) is 0 Å². The monoisotopic (exact) mass is 350 g/mol. The molecule has 1 atom stereocenters. The summed E-state index contributed by atoms with van der Waals surface area (Å²) in [6.07, 6.45) is 1.53. The molecule has 0 amide bonds. The summed E-state index contributed by atoms with van der Waals surface area (Å²) in [5.74, 6) is 2.77. The molecular weight excluding hydrogens is 328 g/mol. The fourth-order valence-corrected chi connectivity index (χ4v) is 2.61. The molecule has 1 heterocycles. The van der Waals surface area contributed by atoms with E-state index in [1.54, 1.807) is 14.2 Å². The van der Waals surface area contributed by atoms with Gasteiger partial charge < -0.3 is 20.1 Å². The first kappa shape index (κ1) is 17.5. The summed E-state index contributed by atoms with van der Waals surface area (Å²) in [6.45, 7) is 2.10. The van der Waals surface area contributed by atoms with Gasteiger partial charge in [0, 0.05) is 23.9 Å². The van der Waals surface area contributed by atoms with Crippen LogP contribution in [0.3, 0.4) is 0 Å². The molecule has 26 heavy (non-hydrogen) atoms. The summed E-state index contributed by atoms with van der Waals surface area (Å²) in [5.41, 5.74) is 2.05. The summed E-state index contributed by atoms with van der Waals surface area (Å²) in [7, 11) is 3.22. The summed E-state index contributed by atoms with van der Waals surface area (Å²) in [5, 5.41) is 6.65. The number of aromatic nitrogens is 2. The molecule has 0 aliphatic carbocycles. The van der Waals surface area contributed by atoms with Crippen LogP contribution >= 0.6 is 0 Å². The SMILES string of the molecule is COc1ccc(Nc2cc(NC(C)c3ccccc3)ncn2)cc1OC. The number of benzene rings is 2. The van der Waals surface area contributed by atoms with Crippen LogP contribution in [0, 0.1) is 0 Å². The van der Waals surface area contributed by atoms with Crippen LogP contribution in [-0.2, 0) is 0 Å². The van der Waals surface area contributed by atoms with Crippen LogP contribution in [0.2, 0.25) is 0 Å². The van der Waals surface area contributed by atoms with E-state index in [0.29, 0.717) is 17.3 Å². The van der Waals surface area contributed by atoms with Crippen LogP contribution < -0.4 is 20.1 Å². The molecule has 1 unspecified atom stereocenters. The highest BCUT2D eigenvalue weighted by Crippen LogP contribution is 2.31. The topological polar surface area (TPSA) is 68.3 Å². The molecule has 0 bridgehead atoms. The Bertz CT molecular complexity index is 855. The lowest BCUT2D eigenvalue weighted by Gasteiger charge is -2.15. The first-order valence-corrected chi connectivity index (χ1v) is 8.32. The minimum absolute atomic E-state index is 0.139. The van der Waals surface area contributed by atoms with Gasteiger partial charge >= 0.3 is 0 Å². The van der Waals surface area contributed by atoms with Crippen LogP contribution in [0.15, 0.2) is 60.9 Å². The second-order valence-electron chi connectivity index (χ2n) is 5.76. The number of hydrogen-bond donors (Lipinski definition) is 2. The van der Waals surface area contributed by atoms with E-state index in [1.165, 1.54) is 11.9 Å². The van der Waals surface area contributed by atoms with Crippen molar-refractivity contribution >= 4 is 17.3 Å². The van der Waals surface area contributed by atoms with Gasteiger partial charge in [0.15, 0.2) is 11.5 Å². The zero-order valence-electron chi connectivity index (χ0n) is 15.1. The quantitative estimate of drug-likeness (QED) is 0.658.